The second kappa shape index (κ2) is 26.3. The summed E-state index contributed by atoms with van der Waals surface area (Å²) in [4.78, 5) is 137. The summed E-state index contributed by atoms with van der Waals surface area (Å²) in [6, 6.07) is 9.92. The van der Waals surface area contributed by atoms with Crippen molar-refractivity contribution in [3.63, 3.8) is 0 Å². The number of hydrogen-bond acceptors (Lipinski definition) is 16. The van der Waals surface area contributed by atoms with Crippen LogP contribution in [0, 0.1) is 12.7 Å². The van der Waals surface area contributed by atoms with E-state index in [0.29, 0.717) is 57.4 Å². The molecule has 3 atom stereocenters. The average molecular weight is 1150 g/mol. The van der Waals surface area contributed by atoms with Gasteiger partial charge in [-0.3, -0.25) is 43.3 Å². The van der Waals surface area contributed by atoms with Crippen molar-refractivity contribution in [3.8, 4) is 11.4 Å². The Morgan fingerprint density at radius 3 is 2.20 bits per heavy atom. The number of hydrogen-bond donors (Lipinski definition) is 8. The van der Waals surface area contributed by atoms with Gasteiger partial charge in [0.1, 0.15) is 29.7 Å². The number of aliphatic hydroxyl groups is 1. The predicted octanol–water partition coefficient (Wildman–Crippen LogP) is 1.77. The molecule has 0 fully saturated rings. The lowest BCUT2D eigenvalue weighted by molar-refractivity contribution is -0.172. The number of carbonyl (C=O) groups excluding carboxylic acids is 9. The molecule has 2 aromatic carbocycles. The molecule has 25 heteroatoms. The maximum absolute atomic E-state index is 15.4. The summed E-state index contributed by atoms with van der Waals surface area (Å²) >= 11 is 0. The number of amides is 7. The van der Waals surface area contributed by atoms with E-state index in [1.54, 1.807) is 91.8 Å². The van der Waals surface area contributed by atoms with Gasteiger partial charge >= 0.3 is 18.0 Å². The van der Waals surface area contributed by atoms with Crippen LogP contribution in [0.15, 0.2) is 47.3 Å². The van der Waals surface area contributed by atoms with Crippen molar-refractivity contribution < 1.29 is 66.9 Å². The molecule has 446 valence electrons. The number of fused-ring (bicyclic) bond motifs is 5. The standard InChI is InChI=1S/C58H73FN10O14/c1-9-58(80)37-23-42-51-35(28-69(42)53(77)36(37)31-81-54(58)78)50-39(18-17-34-32(2)38(59)24-40(67-51)49(34)50)65-43(70)16-13-19-60-44(71)26-64-52(76)41(22-33-14-11-10-12-15-33)66-46(73)27-62-45(72)25-63-47(74)29-68(30-48(75)82-56(3,4)5)21-20-61-55(79)83-57(6,7)8/h10-12,14-15,23-24,39,41,80H,9,13,16-22,25-31H2,1-8H3,(H,60,71)(H,61,79)(H,62,72)(H,63,74)(H,64,76)(H,65,70)(H,66,73)/t39-,41-,58-/m0/s1. The normalized spacial score (nSPS) is 16.3. The minimum Gasteiger partial charge on any atom is -0.459 e. The van der Waals surface area contributed by atoms with Crippen LogP contribution in [-0.2, 0) is 84.2 Å². The van der Waals surface area contributed by atoms with Gasteiger partial charge in [0.15, 0.2) is 5.60 Å². The quantitative estimate of drug-likeness (QED) is 0.0263. The molecule has 24 nitrogen and oxygen atoms in total. The predicted molar refractivity (Wildman–Crippen MR) is 298 cm³/mol. The number of ether oxygens (including phenoxy) is 3. The number of aryl methyl sites for hydroxylation is 1. The van der Waals surface area contributed by atoms with E-state index in [0.717, 1.165) is 5.56 Å². The number of halogens is 1. The molecule has 0 radical (unpaired) electrons. The summed E-state index contributed by atoms with van der Waals surface area (Å²) in [6.07, 6.45) is 0.332. The van der Waals surface area contributed by atoms with E-state index >= 15 is 4.39 Å². The van der Waals surface area contributed by atoms with E-state index in [2.05, 4.69) is 37.2 Å². The van der Waals surface area contributed by atoms with Crippen LogP contribution in [0.3, 0.4) is 0 Å². The van der Waals surface area contributed by atoms with E-state index in [1.807, 2.05) is 0 Å². The Morgan fingerprint density at radius 1 is 0.831 bits per heavy atom. The molecule has 0 bridgehead atoms. The number of nitrogens with zero attached hydrogens (tertiary/aromatic N) is 3. The van der Waals surface area contributed by atoms with Gasteiger partial charge in [-0.15, -0.1) is 0 Å². The number of pyridine rings is 2. The number of cyclic esters (lactones) is 1. The van der Waals surface area contributed by atoms with Gasteiger partial charge in [0.25, 0.3) is 5.56 Å². The summed E-state index contributed by atoms with van der Waals surface area (Å²) in [7, 11) is 0. The third-order valence-corrected chi connectivity index (χ3v) is 14.1. The maximum atomic E-state index is 15.4. The maximum Gasteiger partial charge on any atom is 0.407 e. The van der Waals surface area contributed by atoms with Crippen LogP contribution >= 0.6 is 0 Å². The molecule has 83 heavy (non-hydrogen) atoms. The van der Waals surface area contributed by atoms with Crippen molar-refractivity contribution in [3.05, 3.63) is 97.6 Å². The van der Waals surface area contributed by atoms with Gasteiger partial charge in [-0.1, -0.05) is 37.3 Å². The zero-order chi connectivity index (χ0) is 60.6. The molecule has 0 saturated heterocycles. The Kier molecular flexibility index (Phi) is 19.7. The summed E-state index contributed by atoms with van der Waals surface area (Å²) in [6.45, 7) is 11.1. The fourth-order valence-electron chi connectivity index (χ4n) is 10.2. The van der Waals surface area contributed by atoms with Crippen LogP contribution in [0.25, 0.3) is 22.3 Å². The van der Waals surface area contributed by atoms with Gasteiger partial charge in [-0.05, 0) is 102 Å². The smallest absolute Gasteiger partial charge is 0.407 e. The van der Waals surface area contributed by atoms with E-state index in [-0.39, 0.29) is 88.6 Å². The molecule has 0 spiro atoms. The molecular formula is C58H73FN10O14. The van der Waals surface area contributed by atoms with Crippen molar-refractivity contribution in [1.82, 2.24) is 51.7 Å². The van der Waals surface area contributed by atoms with E-state index < -0.39 is 107 Å². The summed E-state index contributed by atoms with van der Waals surface area (Å²) in [5.41, 5.74) is 0.511. The lowest BCUT2D eigenvalue weighted by Gasteiger charge is -2.31. The first kappa shape index (κ1) is 62.3. The fraction of sp³-hybridized carbons (Fsp3) is 0.500. The number of nitrogens with one attached hydrogen (secondary N) is 7. The van der Waals surface area contributed by atoms with Gasteiger partial charge in [-0.2, -0.15) is 0 Å². The Morgan fingerprint density at radius 2 is 1.51 bits per heavy atom. The molecule has 2 aromatic heterocycles. The molecule has 0 unspecified atom stereocenters. The second-order valence-corrected chi connectivity index (χ2v) is 22.7. The van der Waals surface area contributed by atoms with E-state index in [1.165, 1.54) is 15.5 Å². The van der Waals surface area contributed by atoms with Gasteiger partial charge in [-0.25, -0.2) is 19.0 Å². The number of rotatable bonds is 23. The molecule has 4 heterocycles. The SMILES string of the molecule is CC[C@@]1(O)C(=O)OCc2c1cc1n(c2=O)Cc2c-1nc1cc(F)c(C)c3c1c2[C@@H](NC(=O)CCCNC(=O)CNC(=O)[C@H](Cc1ccccc1)NC(=O)CNC(=O)CNC(=O)CN(CCNC(=O)OC(C)(C)C)CC(=O)OC(C)(C)C)CC3. The molecule has 3 aliphatic rings. The van der Waals surface area contributed by atoms with Crippen LogP contribution in [0.4, 0.5) is 9.18 Å². The van der Waals surface area contributed by atoms with Crippen LogP contribution in [0.5, 0.6) is 0 Å². The Balaban J connectivity index is 0.888. The first-order chi connectivity index (χ1) is 39.1. The molecule has 7 amide bonds. The molecular weight excluding hydrogens is 1080 g/mol. The summed E-state index contributed by atoms with van der Waals surface area (Å²) < 4.78 is 32.8. The fourth-order valence-corrected chi connectivity index (χ4v) is 10.2. The lowest BCUT2D eigenvalue weighted by atomic mass is 9.81. The summed E-state index contributed by atoms with van der Waals surface area (Å²) in [5.74, 6) is -5.68. The van der Waals surface area contributed by atoms with Crippen molar-refractivity contribution >= 4 is 64.4 Å². The Bertz CT molecular complexity index is 3260. The first-order valence-corrected chi connectivity index (χ1v) is 27.6. The monoisotopic (exact) mass is 1150 g/mol. The number of benzene rings is 2. The van der Waals surface area contributed by atoms with Crippen molar-refractivity contribution in [2.75, 3.05) is 52.4 Å². The molecule has 4 aromatic rings. The molecule has 8 N–H and O–H groups in total. The van der Waals surface area contributed by atoms with Gasteiger partial charge in [0, 0.05) is 55.1 Å². The van der Waals surface area contributed by atoms with Gasteiger partial charge < -0.3 is 61.1 Å². The lowest BCUT2D eigenvalue weighted by Crippen LogP contribution is -2.52. The van der Waals surface area contributed by atoms with Crippen LogP contribution in [0.2, 0.25) is 0 Å². The van der Waals surface area contributed by atoms with Crippen LogP contribution in [0.1, 0.15) is 119 Å². The topological polar surface area (TPSA) is 324 Å². The van der Waals surface area contributed by atoms with Crippen LogP contribution < -0.4 is 42.8 Å². The third kappa shape index (κ3) is 15.8. The zero-order valence-corrected chi connectivity index (χ0v) is 48.0. The molecule has 1 aliphatic carbocycles. The number of esters is 2. The molecule has 7 rings (SSSR count). The van der Waals surface area contributed by atoms with E-state index in [9.17, 15) is 53.1 Å². The second-order valence-electron chi connectivity index (χ2n) is 22.7. The highest BCUT2D eigenvalue weighted by Crippen LogP contribution is 2.46. The highest BCUT2D eigenvalue weighted by Gasteiger charge is 2.46. The Labute approximate surface area is 478 Å². The van der Waals surface area contributed by atoms with Gasteiger partial charge in [0.2, 0.25) is 35.4 Å². The number of aromatic nitrogens is 2. The largest absolute Gasteiger partial charge is 0.459 e. The van der Waals surface area contributed by atoms with Gasteiger partial charge in [0.05, 0.1) is 67.8 Å². The minimum absolute atomic E-state index is 0.00984. The third-order valence-electron chi connectivity index (χ3n) is 14.1. The highest BCUT2D eigenvalue weighted by atomic mass is 19.1. The first-order valence-electron chi connectivity index (χ1n) is 27.6. The number of alkyl carbamates (subject to hydrolysis) is 1. The molecule has 2 aliphatic heterocycles. The average Bonchev–Trinajstić information content (AvgIpc) is 2.44. The molecule has 0 saturated carbocycles. The van der Waals surface area contributed by atoms with Crippen molar-refractivity contribution in [1.29, 1.82) is 0 Å². The van der Waals surface area contributed by atoms with Crippen molar-refractivity contribution in [2.45, 2.75) is 136 Å². The zero-order valence-electron chi connectivity index (χ0n) is 48.0. The van der Waals surface area contributed by atoms with Crippen LogP contribution in [-0.4, -0.2) is 143 Å². The summed E-state index contributed by atoms with van der Waals surface area (Å²) in [5, 5.41) is 30.4. The van der Waals surface area contributed by atoms with Crippen molar-refractivity contribution in [2.24, 2.45) is 0 Å². The Hall–Kier alpha value is -8.32. The highest BCUT2D eigenvalue weighted by molar-refractivity contribution is 5.95. The number of carbonyl (C=O) groups is 9. The van der Waals surface area contributed by atoms with E-state index in [4.69, 9.17) is 19.2 Å². The minimum atomic E-state index is -2.05.